The van der Waals surface area contributed by atoms with Gasteiger partial charge < -0.3 is 10.6 Å². The van der Waals surface area contributed by atoms with Gasteiger partial charge in [0.1, 0.15) is 0 Å². The number of rotatable bonds is 6. The van der Waals surface area contributed by atoms with Crippen molar-refractivity contribution in [3.05, 3.63) is 34.9 Å². The molecule has 2 fully saturated rings. The molecule has 1 aromatic carbocycles. The lowest BCUT2D eigenvalue weighted by molar-refractivity contribution is -0.124. The number of fused-ring (bicyclic) bond motifs is 1. The highest BCUT2D eigenvalue weighted by molar-refractivity contribution is 6.30. The Morgan fingerprint density at radius 1 is 1.36 bits per heavy atom. The van der Waals surface area contributed by atoms with Crippen molar-refractivity contribution in [1.29, 1.82) is 0 Å². The number of amides is 2. The van der Waals surface area contributed by atoms with Crippen molar-refractivity contribution < 1.29 is 9.59 Å². The second-order valence-corrected chi connectivity index (χ2v) is 7.74. The molecule has 2 amide bonds. The molecule has 1 aliphatic heterocycles. The summed E-state index contributed by atoms with van der Waals surface area (Å²) in [7, 11) is 2.01. The Labute approximate surface area is 154 Å². The van der Waals surface area contributed by atoms with Gasteiger partial charge >= 0.3 is 0 Å². The normalized spacial score (nSPS) is 25.6. The number of nitrogens with one attached hydrogen (secondary N) is 2. The van der Waals surface area contributed by atoms with Gasteiger partial charge in [0.15, 0.2) is 0 Å². The first-order chi connectivity index (χ1) is 12.0. The molecule has 1 heterocycles. The first kappa shape index (κ1) is 18.2. The van der Waals surface area contributed by atoms with E-state index in [-0.39, 0.29) is 11.8 Å². The van der Waals surface area contributed by atoms with Gasteiger partial charge in [0.05, 0.1) is 6.54 Å². The Balaban J connectivity index is 1.40. The van der Waals surface area contributed by atoms with Crippen LogP contribution in [0.25, 0.3) is 0 Å². The molecule has 1 aromatic rings. The topological polar surface area (TPSA) is 61.4 Å². The number of piperidine rings is 1. The van der Waals surface area contributed by atoms with Crippen LogP contribution in [0.4, 0.5) is 0 Å². The third-order valence-electron chi connectivity index (χ3n) is 5.47. The van der Waals surface area contributed by atoms with E-state index in [2.05, 4.69) is 15.5 Å². The van der Waals surface area contributed by atoms with Crippen LogP contribution >= 0.6 is 11.6 Å². The average Bonchev–Trinajstić information content (AvgIpc) is 2.98. The van der Waals surface area contributed by atoms with E-state index in [0.717, 1.165) is 36.4 Å². The molecule has 0 aromatic heterocycles. The van der Waals surface area contributed by atoms with Gasteiger partial charge in [-0.2, -0.15) is 0 Å². The smallest absolute Gasteiger partial charge is 0.234 e. The standard InChI is InChI=1S/C19H26ClN3O2/c1-23(17-8-14-10-18(24)22-11-15(14)9-17)12-19(25)21-6-5-13-3-2-4-16(20)7-13/h2-4,7,14-15,17H,5-6,8-12H2,1H3,(H,21,25)(H,22,24)/t14-,15+,17-/m1/s1. The predicted molar refractivity (Wildman–Crippen MR) is 98.4 cm³/mol. The number of carbonyl (C=O) groups is 2. The zero-order valence-electron chi connectivity index (χ0n) is 14.6. The van der Waals surface area contributed by atoms with Gasteiger partial charge in [-0.25, -0.2) is 0 Å². The van der Waals surface area contributed by atoms with Crippen LogP contribution in [0.15, 0.2) is 24.3 Å². The van der Waals surface area contributed by atoms with Crippen molar-refractivity contribution in [2.45, 2.75) is 31.7 Å². The van der Waals surface area contributed by atoms with Crippen LogP contribution < -0.4 is 10.6 Å². The fraction of sp³-hybridized carbons (Fsp3) is 0.579. The highest BCUT2D eigenvalue weighted by Gasteiger charge is 2.39. The molecule has 136 valence electrons. The number of benzene rings is 1. The van der Waals surface area contributed by atoms with Gasteiger partial charge in [-0.3, -0.25) is 14.5 Å². The lowest BCUT2D eigenvalue weighted by Crippen LogP contribution is -2.40. The Morgan fingerprint density at radius 2 is 2.16 bits per heavy atom. The first-order valence-electron chi connectivity index (χ1n) is 8.99. The van der Waals surface area contributed by atoms with E-state index < -0.39 is 0 Å². The van der Waals surface area contributed by atoms with Crippen LogP contribution in [0.2, 0.25) is 5.02 Å². The Hall–Kier alpha value is -1.59. The van der Waals surface area contributed by atoms with Gasteiger partial charge in [-0.05, 0) is 55.8 Å². The fourth-order valence-electron chi connectivity index (χ4n) is 4.05. The van der Waals surface area contributed by atoms with Gasteiger partial charge in [-0.15, -0.1) is 0 Å². The van der Waals surface area contributed by atoms with Crippen LogP contribution in [0, 0.1) is 11.8 Å². The molecule has 2 aliphatic rings. The summed E-state index contributed by atoms with van der Waals surface area (Å²) in [6, 6.07) is 8.10. The molecular formula is C19H26ClN3O2. The molecule has 0 spiro atoms. The van der Waals surface area contributed by atoms with E-state index in [1.54, 1.807) is 0 Å². The molecule has 0 bridgehead atoms. The zero-order chi connectivity index (χ0) is 17.8. The van der Waals surface area contributed by atoms with Crippen molar-refractivity contribution in [2.75, 3.05) is 26.7 Å². The monoisotopic (exact) mass is 363 g/mol. The number of hydrogen-bond donors (Lipinski definition) is 2. The lowest BCUT2D eigenvalue weighted by Gasteiger charge is -2.24. The predicted octanol–water partition coefficient (Wildman–Crippen LogP) is 1.85. The Bertz CT molecular complexity index is 637. The Morgan fingerprint density at radius 3 is 2.96 bits per heavy atom. The van der Waals surface area contributed by atoms with E-state index >= 15 is 0 Å². The van der Waals surface area contributed by atoms with E-state index in [1.807, 2.05) is 31.3 Å². The van der Waals surface area contributed by atoms with E-state index in [0.29, 0.717) is 37.4 Å². The molecule has 5 nitrogen and oxygen atoms in total. The molecule has 1 saturated heterocycles. The molecule has 1 saturated carbocycles. The largest absolute Gasteiger partial charge is 0.356 e. The number of likely N-dealkylation sites (N-methyl/N-ethyl adjacent to an activating group) is 1. The quantitative estimate of drug-likeness (QED) is 0.810. The van der Waals surface area contributed by atoms with Crippen molar-refractivity contribution >= 4 is 23.4 Å². The molecule has 3 rings (SSSR count). The molecule has 2 N–H and O–H groups in total. The molecule has 25 heavy (non-hydrogen) atoms. The van der Waals surface area contributed by atoms with Gasteiger partial charge in [0, 0.05) is 30.6 Å². The minimum atomic E-state index is 0.0496. The van der Waals surface area contributed by atoms with Crippen molar-refractivity contribution in [3.63, 3.8) is 0 Å². The third kappa shape index (κ3) is 4.95. The van der Waals surface area contributed by atoms with Crippen molar-refractivity contribution in [2.24, 2.45) is 11.8 Å². The van der Waals surface area contributed by atoms with Crippen LogP contribution in [0.3, 0.4) is 0 Å². The summed E-state index contributed by atoms with van der Waals surface area (Å²) >= 11 is 5.97. The summed E-state index contributed by atoms with van der Waals surface area (Å²) in [4.78, 5) is 25.8. The summed E-state index contributed by atoms with van der Waals surface area (Å²) in [5.74, 6) is 1.26. The zero-order valence-corrected chi connectivity index (χ0v) is 15.4. The number of nitrogens with zero attached hydrogens (tertiary/aromatic N) is 1. The highest BCUT2D eigenvalue weighted by Crippen LogP contribution is 2.38. The molecular weight excluding hydrogens is 338 g/mol. The second-order valence-electron chi connectivity index (χ2n) is 7.30. The van der Waals surface area contributed by atoms with Crippen LogP contribution in [0.1, 0.15) is 24.8 Å². The Kier molecular flexibility index (Phi) is 5.97. The fourth-order valence-corrected chi connectivity index (χ4v) is 4.26. The maximum Gasteiger partial charge on any atom is 0.234 e. The molecule has 1 aliphatic carbocycles. The number of hydrogen-bond acceptors (Lipinski definition) is 3. The summed E-state index contributed by atoms with van der Waals surface area (Å²) in [5, 5.41) is 6.66. The summed E-state index contributed by atoms with van der Waals surface area (Å²) in [5.41, 5.74) is 1.12. The summed E-state index contributed by atoms with van der Waals surface area (Å²) < 4.78 is 0. The molecule has 6 heteroatoms. The summed E-state index contributed by atoms with van der Waals surface area (Å²) in [6.07, 6.45) is 3.50. The van der Waals surface area contributed by atoms with Crippen LogP contribution in [0.5, 0.6) is 0 Å². The van der Waals surface area contributed by atoms with Crippen molar-refractivity contribution in [1.82, 2.24) is 15.5 Å². The maximum absolute atomic E-state index is 12.2. The molecule has 3 atom stereocenters. The lowest BCUT2D eigenvalue weighted by atomic mass is 9.89. The van der Waals surface area contributed by atoms with Crippen LogP contribution in [-0.4, -0.2) is 49.4 Å². The SMILES string of the molecule is CN(CC(=O)NCCc1cccc(Cl)c1)[C@H]1C[C@H]2CNC(=O)C[C@H]2C1. The van der Waals surface area contributed by atoms with Crippen molar-refractivity contribution in [3.8, 4) is 0 Å². The van der Waals surface area contributed by atoms with E-state index in [4.69, 9.17) is 11.6 Å². The van der Waals surface area contributed by atoms with Gasteiger partial charge in [0.25, 0.3) is 0 Å². The van der Waals surface area contributed by atoms with Gasteiger partial charge in [0.2, 0.25) is 11.8 Å². The number of carbonyl (C=O) groups excluding carboxylic acids is 2. The molecule has 0 unspecified atom stereocenters. The van der Waals surface area contributed by atoms with Crippen LogP contribution in [-0.2, 0) is 16.0 Å². The van der Waals surface area contributed by atoms with E-state index in [1.165, 1.54) is 0 Å². The minimum Gasteiger partial charge on any atom is -0.356 e. The average molecular weight is 364 g/mol. The summed E-state index contributed by atoms with van der Waals surface area (Å²) in [6.45, 7) is 1.81. The molecule has 0 radical (unpaired) electrons. The third-order valence-corrected chi connectivity index (χ3v) is 5.70. The number of halogens is 1. The first-order valence-corrected chi connectivity index (χ1v) is 9.37. The second kappa shape index (κ2) is 8.19. The minimum absolute atomic E-state index is 0.0496. The van der Waals surface area contributed by atoms with Gasteiger partial charge in [-0.1, -0.05) is 23.7 Å². The highest BCUT2D eigenvalue weighted by atomic mass is 35.5. The van der Waals surface area contributed by atoms with E-state index in [9.17, 15) is 9.59 Å². The maximum atomic E-state index is 12.2.